The number of aryl methyl sites for hydroxylation is 1. The second-order valence-corrected chi connectivity index (χ2v) is 5.81. The van der Waals surface area contributed by atoms with E-state index in [1.807, 2.05) is 12.1 Å². The molecule has 2 rings (SSSR count). The van der Waals surface area contributed by atoms with E-state index in [0.717, 1.165) is 17.9 Å². The molecular formula is C15H19N3O2S. The summed E-state index contributed by atoms with van der Waals surface area (Å²) < 4.78 is 5.77. The van der Waals surface area contributed by atoms with E-state index in [0.29, 0.717) is 11.8 Å². The van der Waals surface area contributed by atoms with Crippen molar-refractivity contribution < 1.29 is 4.74 Å². The second kappa shape index (κ2) is 7.17. The smallest absolute Gasteiger partial charge is 0.253 e. The first-order valence-electron chi connectivity index (χ1n) is 6.75. The van der Waals surface area contributed by atoms with E-state index >= 15 is 0 Å². The minimum Gasteiger partial charge on any atom is -0.493 e. The van der Waals surface area contributed by atoms with E-state index in [4.69, 9.17) is 10.5 Å². The predicted molar refractivity (Wildman–Crippen MR) is 86.0 cm³/mol. The van der Waals surface area contributed by atoms with Crippen molar-refractivity contribution in [1.82, 2.24) is 9.97 Å². The standard InChI is InChI=1S/C15H19N3O2S/c1-10-5-3-6-12(11(10)2)20-7-4-8-21-15-17-13(16)9-14(19)18-15/h3,5-6,9H,4,7-8H2,1-2H3,(H3,16,17,18,19). The Morgan fingerprint density at radius 3 is 2.95 bits per heavy atom. The van der Waals surface area contributed by atoms with Crippen LogP contribution in [0.5, 0.6) is 5.75 Å². The molecule has 0 spiro atoms. The Balaban J connectivity index is 1.77. The van der Waals surface area contributed by atoms with Crippen molar-refractivity contribution in [1.29, 1.82) is 0 Å². The van der Waals surface area contributed by atoms with Gasteiger partial charge in [-0.05, 0) is 37.5 Å². The highest BCUT2D eigenvalue weighted by atomic mass is 32.2. The quantitative estimate of drug-likeness (QED) is 0.487. The molecule has 1 aromatic heterocycles. The Kier molecular flexibility index (Phi) is 5.27. The molecule has 0 saturated carbocycles. The maximum Gasteiger partial charge on any atom is 0.253 e. The SMILES string of the molecule is Cc1cccc(OCCCSc2nc(N)cc(=O)[nH]2)c1C. The highest BCUT2D eigenvalue weighted by molar-refractivity contribution is 7.99. The van der Waals surface area contributed by atoms with Gasteiger partial charge in [0.05, 0.1) is 6.61 Å². The molecule has 0 amide bonds. The van der Waals surface area contributed by atoms with Crippen molar-refractivity contribution in [3.63, 3.8) is 0 Å². The number of aromatic nitrogens is 2. The van der Waals surface area contributed by atoms with Gasteiger partial charge in [-0.15, -0.1) is 0 Å². The van der Waals surface area contributed by atoms with E-state index < -0.39 is 0 Å². The molecule has 0 fully saturated rings. The molecule has 112 valence electrons. The molecule has 1 heterocycles. The minimum atomic E-state index is -0.225. The molecule has 5 nitrogen and oxygen atoms in total. The topological polar surface area (TPSA) is 81.0 Å². The molecule has 0 bridgehead atoms. The van der Waals surface area contributed by atoms with Gasteiger partial charge in [0.15, 0.2) is 5.16 Å². The third-order valence-corrected chi connectivity index (χ3v) is 4.04. The van der Waals surface area contributed by atoms with E-state index in [1.165, 1.54) is 29.0 Å². The van der Waals surface area contributed by atoms with Crippen LogP contribution in [0, 0.1) is 13.8 Å². The number of nitrogens with zero attached hydrogens (tertiary/aromatic N) is 1. The van der Waals surface area contributed by atoms with E-state index in [2.05, 4.69) is 29.9 Å². The summed E-state index contributed by atoms with van der Waals surface area (Å²) in [6.45, 7) is 4.75. The zero-order valence-corrected chi connectivity index (χ0v) is 13.0. The van der Waals surface area contributed by atoms with Crippen LogP contribution >= 0.6 is 11.8 Å². The van der Waals surface area contributed by atoms with Crippen LogP contribution in [-0.2, 0) is 0 Å². The lowest BCUT2D eigenvalue weighted by atomic mass is 10.1. The summed E-state index contributed by atoms with van der Waals surface area (Å²) in [6, 6.07) is 7.31. The fraction of sp³-hybridized carbons (Fsp3) is 0.333. The molecule has 3 N–H and O–H groups in total. The van der Waals surface area contributed by atoms with Gasteiger partial charge in [-0.3, -0.25) is 4.79 Å². The lowest BCUT2D eigenvalue weighted by Gasteiger charge is -2.10. The minimum absolute atomic E-state index is 0.225. The van der Waals surface area contributed by atoms with Gasteiger partial charge in [-0.25, -0.2) is 4.98 Å². The van der Waals surface area contributed by atoms with Crippen LogP contribution in [0.3, 0.4) is 0 Å². The predicted octanol–water partition coefficient (Wildman–Crippen LogP) is 2.53. The molecule has 0 aliphatic rings. The van der Waals surface area contributed by atoms with Crippen molar-refractivity contribution in [2.45, 2.75) is 25.4 Å². The van der Waals surface area contributed by atoms with E-state index in [1.54, 1.807) is 0 Å². The van der Waals surface area contributed by atoms with Gasteiger partial charge in [0, 0.05) is 11.8 Å². The molecule has 0 atom stereocenters. The number of anilines is 1. The summed E-state index contributed by atoms with van der Waals surface area (Å²) in [5.74, 6) is 1.97. The zero-order chi connectivity index (χ0) is 15.2. The fourth-order valence-corrected chi connectivity index (χ4v) is 2.61. The summed E-state index contributed by atoms with van der Waals surface area (Å²) in [7, 11) is 0. The van der Waals surface area contributed by atoms with Gasteiger partial charge in [-0.2, -0.15) is 0 Å². The monoisotopic (exact) mass is 305 g/mol. The molecule has 2 aromatic rings. The van der Waals surface area contributed by atoms with Crippen LogP contribution in [0.2, 0.25) is 0 Å². The number of rotatable bonds is 6. The average molecular weight is 305 g/mol. The normalized spacial score (nSPS) is 10.6. The third-order valence-electron chi connectivity index (χ3n) is 3.08. The van der Waals surface area contributed by atoms with Crippen molar-refractivity contribution in [3.05, 3.63) is 45.7 Å². The Morgan fingerprint density at radius 1 is 1.38 bits per heavy atom. The first kappa shape index (κ1) is 15.4. The van der Waals surface area contributed by atoms with Crippen molar-refractivity contribution in [2.24, 2.45) is 0 Å². The fourth-order valence-electron chi connectivity index (χ4n) is 1.81. The van der Waals surface area contributed by atoms with Crippen LogP contribution < -0.4 is 16.0 Å². The number of nitrogen functional groups attached to an aromatic ring is 1. The van der Waals surface area contributed by atoms with Crippen molar-refractivity contribution in [2.75, 3.05) is 18.1 Å². The first-order valence-corrected chi connectivity index (χ1v) is 7.73. The molecule has 0 aliphatic heterocycles. The van der Waals surface area contributed by atoms with Crippen LogP contribution in [0.4, 0.5) is 5.82 Å². The maximum absolute atomic E-state index is 11.2. The zero-order valence-electron chi connectivity index (χ0n) is 12.2. The summed E-state index contributed by atoms with van der Waals surface area (Å²) >= 11 is 1.46. The number of hydrogen-bond donors (Lipinski definition) is 2. The van der Waals surface area contributed by atoms with Gasteiger partial charge in [0.1, 0.15) is 11.6 Å². The Hall–Kier alpha value is -1.95. The number of thioether (sulfide) groups is 1. The Bertz CT molecular complexity index is 670. The Labute approximate surface area is 127 Å². The van der Waals surface area contributed by atoms with Gasteiger partial charge < -0.3 is 15.5 Å². The molecule has 21 heavy (non-hydrogen) atoms. The highest BCUT2D eigenvalue weighted by Gasteiger charge is 2.02. The largest absolute Gasteiger partial charge is 0.493 e. The average Bonchev–Trinajstić information content (AvgIpc) is 2.42. The summed E-state index contributed by atoms with van der Waals surface area (Å²) in [5, 5.41) is 0.548. The lowest BCUT2D eigenvalue weighted by Crippen LogP contribution is -2.09. The number of aromatic amines is 1. The number of nitrogens with one attached hydrogen (secondary N) is 1. The summed E-state index contributed by atoms with van der Waals surface area (Å²) in [6.07, 6.45) is 0.858. The van der Waals surface area contributed by atoms with Gasteiger partial charge in [0.2, 0.25) is 0 Å². The van der Waals surface area contributed by atoms with E-state index in [-0.39, 0.29) is 11.4 Å². The molecule has 0 aliphatic carbocycles. The molecule has 0 radical (unpaired) electrons. The number of hydrogen-bond acceptors (Lipinski definition) is 5. The van der Waals surface area contributed by atoms with Gasteiger partial charge in [0.25, 0.3) is 5.56 Å². The van der Waals surface area contributed by atoms with Crippen LogP contribution in [0.25, 0.3) is 0 Å². The highest BCUT2D eigenvalue weighted by Crippen LogP contribution is 2.21. The molecule has 0 unspecified atom stereocenters. The number of ether oxygens (including phenoxy) is 1. The molecule has 1 aromatic carbocycles. The second-order valence-electron chi connectivity index (χ2n) is 4.72. The van der Waals surface area contributed by atoms with Crippen molar-refractivity contribution in [3.8, 4) is 5.75 Å². The Morgan fingerprint density at radius 2 is 2.19 bits per heavy atom. The molecule has 6 heteroatoms. The maximum atomic E-state index is 11.2. The third kappa shape index (κ3) is 4.53. The van der Waals surface area contributed by atoms with Gasteiger partial charge >= 0.3 is 0 Å². The number of H-pyrrole nitrogens is 1. The molecule has 0 saturated heterocycles. The summed E-state index contributed by atoms with van der Waals surface area (Å²) in [5.41, 5.74) is 7.70. The first-order chi connectivity index (χ1) is 10.1. The van der Waals surface area contributed by atoms with Crippen LogP contribution in [-0.4, -0.2) is 22.3 Å². The van der Waals surface area contributed by atoms with Crippen LogP contribution in [0.1, 0.15) is 17.5 Å². The lowest BCUT2D eigenvalue weighted by molar-refractivity contribution is 0.316. The van der Waals surface area contributed by atoms with Crippen molar-refractivity contribution >= 4 is 17.6 Å². The number of benzene rings is 1. The molecular weight excluding hydrogens is 286 g/mol. The van der Waals surface area contributed by atoms with Gasteiger partial charge in [-0.1, -0.05) is 23.9 Å². The van der Waals surface area contributed by atoms with E-state index in [9.17, 15) is 4.79 Å². The van der Waals surface area contributed by atoms with Crippen LogP contribution in [0.15, 0.2) is 34.2 Å². The number of nitrogens with two attached hydrogens (primary N) is 1. The summed E-state index contributed by atoms with van der Waals surface area (Å²) in [4.78, 5) is 17.9.